The lowest BCUT2D eigenvalue weighted by atomic mass is 9.85. The van der Waals surface area contributed by atoms with Crippen molar-refractivity contribution in [2.45, 2.75) is 109 Å². The highest BCUT2D eigenvalue weighted by atomic mass is 32.2. The SMILES string of the molecule is C=C[C@@H]1C[C@]1(NC(=O)[C@@H]1C[C@@H]2CN1C(=O)[C@H](C(C)(C)C)NC(=O)OCC(C)(C)COc1cccc(c1)-c1nc3ccc4c(c3nc1O2)OC(C)(C)O4)C(=O)NS(=O)(=O)C1CC1. The van der Waals surface area contributed by atoms with Crippen LogP contribution < -0.4 is 34.3 Å². The molecule has 3 fully saturated rings. The molecule has 2 aromatic carbocycles. The van der Waals surface area contributed by atoms with E-state index in [0.29, 0.717) is 52.4 Å². The molecule has 0 spiro atoms. The van der Waals surface area contributed by atoms with E-state index in [1.54, 1.807) is 65.0 Å². The standard InChI is InChI=1S/C43H52N6O11S/c1-9-24-19-43(24,38(52)48-61(54,55)27-13-14-27)47-35(50)29-18-26-20-49(29)37(51)34(40(2,3)4)46-39(53)57-22-41(5,6)21-56-25-12-10-11-23(17-25)31-36(58-26)45-32-28(44-31)15-16-30-33(32)60-42(7,8)59-30/h9-12,15-17,24,26-27,29,34H,1,13-14,18-22H2,2-8H3,(H,46,53)(H,47,50)(H,48,52)/t24-,26-,29+,34-,43-/m1/s1. The van der Waals surface area contributed by atoms with Gasteiger partial charge in [0, 0.05) is 37.2 Å². The molecule has 3 N–H and O–H groups in total. The Morgan fingerprint density at radius 1 is 1.02 bits per heavy atom. The van der Waals surface area contributed by atoms with Crippen molar-refractivity contribution in [2.75, 3.05) is 19.8 Å². The number of hydrogen-bond acceptors (Lipinski definition) is 13. The van der Waals surface area contributed by atoms with Gasteiger partial charge in [0.25, 0.3) is 5.91 Å². The number of benzene rings is 2. The van der Waals surface area contributed by atoms with Crippen molar-refractivity contribution in [3.05, 3.63) is 49.1 Å². The molecule has 0 unspecified atom stereocenters. The third kappa shape index (κ3) is 8.38. The number of carbonyl (C=O) groups excluding carboxylic acids is 4. The molecule has 2 aliphatic carbocycles. The number of hydrogen-bond donors (Lipinski definition) is 3. The Morgan fingerprint density at radius 3 is 2.44 bits per heavy atom. The van der Waals surface area contributed by atoms with Crippen LogP contribution in [0.15, 0.2) is 49.1 Å². The van der Waals surface area contributed by atoms with E-state index in [-0.39, 0.29) is 38.5 Å². The molecule has 326 valence electrons. The topological polar surface area (TPSA) is 214 Å². The number of nitrogens with one attached hydrogen (secondary N) is 3. The lowest BCUT2D eigenvalue weighted by molar-refractivity contribution is -0.142. The van der Waals surface area contributed by atoms with Crippen LogP contribution in [0.4, 0.5) is 4.79 Å². The second-order valence-electron chi connectivity index (χ2n) is 18.9. The number of carbonyl (C=O) groups is 4. The van der Waals surface area contributed by atoms with Gasteiger partial charge in [-0.3, -0.25) is 19.1 Å². The summed E-state index contributed by atoms with van der Waals surface area (Å²) in [5.41, 5.74) is -1.34. The quantitative estimate of drug-likeness (QED) is 0.294. The predicted molar refractivity (Wildman–Crippen MR) is 221 cm³/mol. The Balaban J connectivity index is 1.20. The van der Waals surface area contributed by atoms with Crippen molar-refractivity contribution in [3.8, 4) is 34.4 Å². The van der Waals surface area contributed by atoms with E-state index in [1.807, 2.05) is 19.9 Å². The summed E-state index contributed by atoms with van der Waals surface area (Å²) in [5.74, 6) is -2.29. The molecule has 5 aliphatic rings. The Kier molecular flexibility index (Phi) is 10.2. The summed E-state index contributed by atoms with van der Waals surface area (Å²) in [5, 5.41) is 4.88. The highest BCUT2D eigenvalue weighted by Crippen LogP contribution is 2.47. The molecule has 5 atom stereocenters. The minimum Gasteiger partial charge on any atom is -0.493 e. The fraction of sp³-hybridized carbons (Fsp3) is 0.535. The molecule has 8 rings (SSSR count). The van der Waals surface area contributed by atoms with E-state index in [2.05, 4.69) is 21.9 Å². The van der Waals surface area contributed by atoms with Crippen LogP contribution in [0.1, 0.15) is 74.1 Å². The van der Waals surface area contributed by atoms with E-state index in [0.717, 1.165) is 0 Å². The Morgan fingerprint density at radius 2 is 1.75 bits per heavy atom. The lowest BCUT2D eigenvalue weighted by Gasteiger charge is -2.35. The van der Waals surface area contributed by atoms with E-state index in [1.165, 1.54) is 11.0 Å². The maximum atomic E-state index is 14.8. The van der Waals surface area contributed by atoms with Crippen molar-refractivity contribution in [2.24, 2.45) is 16.7 Å². The predicted octanol–water partition coefficient (Wildman–Crippen LogP) is 4.38. The van der Waals surface area contributed by atoms with Crippen LogP contribution in [-0.4, -0.2) is 102 Å². The summed E-state index contributed by atoms with van der Waals surface area (Å²) in [6.07, 6.45) is 0.673. The lowest BCUT2D eigenvalue weighted by Crippen LogP contribution is -2.60. The average Bonchev–Trinajstić information content (AvgIpc) is 4.10. The number of sulfonamides is 1. The first-order valence-electron chi connectivity index (χ1n) is 20.5. The molecule has 4 heterocycles. The number of amides is 4. The zero-order valence-corrected chi connectivity index (χ0v) is 36.1. The van der Waals surface area contributed by atoms with Gasteiger partial charge in [-0.25, -0.2) is 23.2 Å². The van der Waals surface area contributed by atoms with Crippen LogP contribution in [0.5, 0.6) is 23.1 Å². The summed E-state index contributed by atoms with van der Waals surface area (Å²) in [4.78, 5) is 67.8. The zero-order chi connectivity index (χ0) is 43.9. The first-order valence-corrected chi connectivity index (χ1v) is 22.0. The molecule has 0 radical (unpaired) electrons. The molecule has 61 heavy (non-hydrogen) atoms. The number of fused-ring (bicyclic) bond motifs is 9. The van der Waals surface area contributed by atoms with Gasteiger partial charge in [0.15, 0.2) is 11.5 Å². The monoisotopic (exact) mass is 860 g/mol. The van der Waals surface area contributed by atoms with Gasteiger partial charge in [-0.15, -0.1) is 6.58 Å². The second kappa shape index (κ2) is 14.8. The van der Waals surface area contributed by atoms with Crippen molar-refractivity contribution < 1.29 is 51.3 Å². The highest BCUT2D eigenvalue weighted by molar-refractivity contribution is 7.91. The van der Waals surface area contributed by atoms with Gasteiger partial charge >= 0.3 is 6.09 Å². The fourth-order valence-electron chi connectivity index (χ4n) is 7.88. The smallest absolute Gasteiger partial charge is 0.407 e. The van der Waals surface area contributed by atoms with Crippen LogP contribution >= 0.6 is 0 Å². The minimum atomic E-state index is -3.95. The fourth-order valence-corrected chi connectivity index (χ4v) is 9.25. The van der Waals surface area contributed by atoms with Gasteiger partial charge in [-0.05, 0) is 48.9 Å². The Bertz CT molecular complexity index is 2450. The zero-order valence-electron chi connectivity index (χ0n) is 35.3. The molecule has 3 aliphatic heterocycles. The normalized spacial score (nSPS) is 26.9. The maximum Gasteiger partial charge on any atom is 0.407 e. The van der Waals surface area contributed by atoms with Crippen LogP contribution in [0.2, 0.25) is 0 Å². The molecule has 1 aromatic heterocycles. The molecule has 2 saturated carbocycles. The molecular formula is C43H52N6O11S. The summed E-state index contributed by atoms with van der Waals surface area (Å²) >= 11 is 0. The van der Waals surface area contributed by atoms with E-state index in [9.17, 15) is 27.6 Å². The van der Waals surface area contributed by atoms with E-state index in [4.69, 9.17) is 33.7 Å². The molecule has 17 nitrogen and oxygen atoms in total. The van der Waals surface area contributed by atoms with Crippen molar-refractivity contribution in [3.63, 3.8) is 0 Å². The summed E-state index contributed by atoms with van der Waals surface area (Å²) < 4.78 is 58.6. The maximum absolute atomic E-state index is 14.8. The van der Waals surface area contributed by atoms with Crippen LogP contribution in [0.25, 0.3) is 22.3 Å². The number of alkyl carbamates (subject to hydrolysis) is 1. The summed E-state index contributed by atoms with van der Waals surface area (Å²) in [6.45, 7) is 16.4. The average molecular weight is 861 g/mol. The Hall–Kier alpha value is -5.65. The molecule has 4 bridgehead atoms. The van der Waals surface area contributed by atoms with Gasteiger partial charge < -0.3 is 39.2 Å². The number of rotatable bonds is 6. The first-order chi connectivity index (χ1) is 28.6. The largest absolute Gasteiger partial charge is 0.493 e. The van der Waals surface area contributed by atoms with Crippen molar-refractivity contribution in [1.82, 2.24) is 30.2 Å². The number of aromatic nitrogens is 2. The molecule has 3 aromatic rings. The number of cyclic esters (lactones) is 1. The number of ether oxygens (including phenoxy) is 5. The van der Waals surface area contributed by atoms with E-state index >= 15 is 0 Å². The molecule has 1 saturated heterocycles. The third-order valence-electron chi connectivity index (χ3n) is 11.5. The van der Waals surface area contributed by atoms with Gasteiger partial charge in [0.05, 0.1) is 23.9 Å². The van der Waals surface area contributed by atoms with E-state index < -0.39 is 85.3 Å². The first kappa shape index (κ1) is 42.1. The third-order valence-corrected chi connectivity index (χ3v) is 13.3. The highest BCUT2D eigenvalue weighted by Gasteiger charge is 2.62. The van der Waals surface area contributed by atoms with Gasteiger partial charge in [-0.1, -0.05) is 52.8 Å². The Labute approximate surface area is 354 Å². The number of nitrogens with zero attached hydrogens (tertiary/aromatic N) is 3. The van der Waals surface area contributed by atoms with Crippen molar-refractivity contribution in [1.29, 1.82) is 0 Å². The van der Waals surface area contributed by atoms with Crippen molar-refractivity contribution >= 4 is 44.9 Å². The van der Waals surface area contributed by atoms with Gasteiger partial charge in [0.2, 0.25) is 33.5 Å². The second-order valence-corrected chi connectivity index (χ2v) is 20.9. The van der Waals surface area contributed by atoms with Gasteiger partial charge in [0.1, 0.15) is 47.3 Å². The minimum absolute atomic E-state index is 0.0491. The van der Waals surface area contributed by atoms with Crippen LogP contribution in [0.3, 0.4) is 0 Å². The molecule has 18 heteroatoms. The molecular weight excluding hydrogens is 809 g/mol. The van der Waals surface area contributed by atoms with Gasteiger partial charge in [-0.2, -0.15) is 0 Å². The summed E-state index contributed by atoms with van der Waals surface area (Å²) in [6, 6.07) is 8.32. The van der Waals surface area contributed by atoms with Crippen LogP contribution in [0, 0.1) is 16.7 Å². The van der Waals surface area contributed by atoms with Crippen LogP contribution in [-0.2, 0) is 29.1 Å². The molecule has 4 amide bonds. The summed E-state index contributed by atoms with van der Waals surface area (Å²) in [7, 11) is -3.95.